The van der Waals surface area contributed by atoms with Gasteiger partial charge in [0.15, 0.2) is 0 Å². The maximum atomic E-state index is 14.4. The Kier molecular flexibility index (Phi) is 6.35. The monoisotopic (exact) mass is 427 g/mol. The molecule has 0 saturated carbocycles. The Hall–Kier alpha value is -2.44. The topological polar surface area (TPSA) is 38.8 Å². The second-order valence-electron chi connectivity index (χ2n) is 7.74. The van der Waals surface area contributed by atoms with E-state index in [2.05, 4.69) is 12.1 Å². The molecule has 1 saturated heterocycles. The number of benzene rings is 2. The first-order valence-corrected chi connectivity index (χ1v) is 11.0. The van der Waals surface area contributed by atoms with Crippen LogP contribution in [0.1, 0.15) is 33.6 Å². The number of carbonyl (C=O) groups excluding carboxylic acids is 1. The minimum Gasteiger partial charge on any atom is -0.497 e. The highest BCUT2D eigenvalue weighted by Crippen LogP contribution is 2.35. The molecule has 0 atom stereocenters. The van der Waals surface area contributed by atoms with Crippen LogP contribution in [-0.4, -0.2) is 38.1 Å². The van der Waals surface area contributed by atoms with Crippen LogP contribution in [0.2, 0.25) is 0 Å². The van der Waals surface area contributed by atoms with E-state index < -0.39 is 0 Å². The molecule has 1 aromatic heterocycles. The number of rotatable bonds is 6. The van der Waals surface area contributed by atoms with Gasteiger partial charge >= 0.3 is 0 Å². The van der Waals surface area contributed by atoms with E-state index in [4.69, 9.17) is 9.47 Å². The summed E-state index contributed by atoms with van der Waals surface area (Å²) < 4.78 is 25.7. The van der Waals surface area contributed by atoms with Crippen LogP contribution in [0, 0.1) is 11.7 Å². The number of hydrogen-bond acceptors (Lipinski definition) is 4. The first-order valence-electron chi connectivity index (χ1n) is 10.2. The number of likely N-dealkylation sites (tertiary alicyclic amines) is 1. The number of methoxy groups -OCH3 is 2. The fraction of sp³-hybridized carbons (Fsp3) is 0.375. The van der Waals surface area contributed by atoms with E-state index in [-0.39, 0.29) is 18.3 Å². The number of ether oxygens (including phenoxy) is 2. The minimum absolute atomic E-state index is 0.00875. The molecule has 0 bridgehead atoms. The highest BCUT2D eigenvalue weighted by Gasteiger charge is 2.28. The number of amides is 1. The molecule has 1 amide bonds. The van der Waals surface area contributed by atoms with Gasteiger partial charge in [-0.25, -0.2) is 4.39 Å². The fourth-order valence-corrected chi connectivity index (χ4v) is 5.39. The summed E-state index contributed by atoms with van der Waals surface area (Å²) in [5, 5.41) is 0.516. The molecule has 1 aliphatic rings. The zero-order valence-corrected chi connectivity index (χ0v) is 18.1. The van der Waals surface area contributed by atoms with Gasteiger partial charge in [-0.15, -0.1) is 11.3 Å². The average molecular weight is 428 g/mol. The number of thiophene rings is 1. The summed E-state index contributed by atoms with van der Waals surface area (Å²) in [6.07, 6.45) is 2.95. The van der Waals surface area contributed by atoms with Gasteiger partial charge in [-0.05, 0) is 55.0 Å². The molecular formula is C24H26FNO3S. The van der Waals surface area contributed by atoms with E-state index in [1.54, 1.807) is 20.3 Å². The lowest BCUT2D eigenvalue weighted by Gasteiger charge is -2.32. The SMILES string of the molecule is COCc1c(C(=O)N2CCC(Cc3ccc(OC)cc3)CC2)sc2cccc(F)c12. The highest BCUT2D eigenvalue weighted by molar-refractivity contribution is 7.21. The van der Waals surface area contributed by atoms with Crippen molar-refractivity contribution in [2.24, 2.45) is 5.92 Å². The van der Waals surface area contributed by atoms with Crippen molar-refractivity contribution in [3.63, 3.8) is 0 Å². The molecule has 0 aliphatic carbocycles. The van der Waals surface area contributed by atoms with Crippen LogP contribution in [0.5, 0.6) is 5.75 Å². The molecule has 0 spiro atoms. The van der Waals surface area contributed by atoms with Gasteiger partial charge < -0.3 is 14.4 Å². The summed E-state index contributed by atoms with van der Waals surface area (Å²) in [4.78, 5) is 15.8. The number of fused-ring (bicyclic) bond motifs is 1. The van der Waals surface area contributed by atoms with E-state index in [0.717, 1.165) is 42.8 Å². The molecule has 4 nitrogen and oxygen atoms in total. The standard InChI is InChI=1S/C24H26FNO3S/c1-28-15-19-22-20(25)4-3-5-21(22)30-23(19)24(27)26-12-10-17(11-13-26)14-16-6-8-18(29-2)9-7-16/h3-9,17H,10-15H2,1-2H3. The molecular weight excluding hydrogens is 401 g/mol. The van der Waals surface area contributed by atoms with Gasteiger partial charge in [-0.2, -0.15) is 0 Å². The molecule has 2 aromatic carbocycles. The van der Waals surface area contributed by atoms with E-state index in [1.165, 1.54) is 23.0 Å². The van der Waals surface area contributed by atoms with Crippen molar-refractivity contribution in [1.29, 1.82) is 0 Å². The molecule has 158 valence electrons. The summed E-state index contributed by atoms with van der Waals surface area (Å²) in [5.41, 5.74) is 1.96. The highest BCUT2D eigenvalue weighted by atomic mass is 32.1. The molecule has 30 heavy (non-hydrogen) atoms. The quantitative estimate of drug-likeness (QED) is 0.537. The molecule has 1 fully saturated rings. The maximum absolute atomic E-state index is 14.4. The van der Waals surface area contributed by atoms with Crippen LogP contribution in [0.25, 0.3) is 10.1 Å². The molecule has 4 rings (SSSR count). The lowest BCUT2D eigenvalue weighted by atomic mass is 9.90. The number of nitrogens with zero attached hydrogens (tertiary/aromatic N) is 1. The first-order chi connectivity index (χ1) is 14.6. The lowest BCUT2D eigenvalue weighted by Crippen LogP contribution is -2.38. The average Bonchev–Trinajstić information content (AvgIpc) is 3.14. The van der Waals surface area contributed by atoms with Gasteiger partial charge in [-0.1, -0.05) is 18.2 Å². The predicted molar refractivity (Wildman–Crippen MR) is 118 cm³/mol. The maximum Gasteiger partial charge on any atom is 0.264 e. The zero-order valence-electron chi connectivity index (χ0n) is 17.3. The van der Waals surface area contributed by atoms with Gasteiger partial charge in [0.2, 0.25) is 0 Å². The number of piperidine rings is 1. The fourth-order valence-electron chi connectivity index (χ4n) is 4.20. The summed E-state index contributed by atoms with van der Waals surface area (Å²) >= 11 is 1.36. The van der Waals surface area contributed by atoms with E-state index in [0.29, 0.717) is 21.7 Å². The molecule has 0 N–H and O–H groups in total. The largest absolute Gasteiger partial charge is 0.497 e. The van der Waals surface area contributed by atoms with Crippen molar-refractivity contribution < 1.29 is 18.7 Å². The third kappa shape index (κ3) is 4.20. The van der Waals surface area contributed by atoms with Crippen molar-refractivity contribution in [1.82, 2.24) is 4.90 Å². The van der Waals surface area contributed by atoms with Crippen LogP contribution in [0.3, 0.4) is 0 Å². The Labute approximate surface area is 180 Å². The van der Waals surface area contributed by atoms with Crippen molar-refractivity contribution in [2.75, 3.05) is 27.3 Å². The predicted octanol–water partition coefficient (Wildman–Crippen LogP) is 5.29. The smallest absolute Gasteiger partial charge is 0.264 e. The van der Waals surface area contributed by atoms with Gasteiger partial charge in [0.25, 0.3) is 5.91 Å². The third-order valence-corrected chi connectivity index (χ3v) is 7.02. The normalized spacial score (nSPS) is 15.0. The zero-order chi connectivity index (χ0) is 21.1. The molecule has 6 heteroatoms. The molecule has 2 heterocycles. The van der Waals surface area contributed by atoms with E-state index in [9.17, 15) is 9.18 Å². The second-order valence-corrected chi connectivity index (χ2v) is 8.80. The van der Waals surface area contributed by atoms with Crippen molar-refractivity contribution in [3.8, 4) is 5.75 Å². The summed E-state index contributed by atoms with van der Waals surface area (Å²) in [7, 11) is 3.24. The summed E-state index contributed by atoms with van der Waals surface area (Å²) in [5.74, 6) is 1.12. The van der Waals surface area contributed by atoms with Crippen LogP contribution in [-0.2, 0) is 17.8 Å². The Bertz CT molecular complexity index is 1020. The van der Waals surface area contributed by atoms with E-state index in [1.807, 2.05) is 23.1 Å². The Morgan fingerprint density at radius 2 is 1.87 bits per heavy atom. The third-order valence-electron chi connectivity index (χ3n) is 5.83. The summed E-state index contributed by atoms with van der Waals surface area (Å²) in [6, 6.07) is 13.2. The number of halogens is 1. The Balaban J connectivity index is 1.45. The minimum atomic E-state index is -0.298. The first kappa shape index (κ1) is 20.8. The Morgan fingerprint density at radius 3 is 2.53 bits per heavy atom. The molecule has 3 aromatic rings. The van der Waals surface area contributed by atoms with Crippen LogP contribution >= 0.6 is 11.3 Å². The lowest BCUT2D eigenvalue weighted by molar-refractivity contribution is 0.0691. The van der Waals surface area contributed by atoms with Crippen LogP contribution in [0.15, 0.2) is 42.5 Å². The van der Waals surface area contributed by atoms with Gasteiger partial charge in [0, 0.05) is 35.8 Å². The number of carbonyl (C=O) groups is 1. The van der Waals surface area contributed by atoms with Crippen LogP contribution in [0.4, 0.5) is 4.39 Å². The molecule has 1 aliphatic heterocycles. The van der Waals surface area contributed by atoms with Gasteiger partial charge in [0.1, 0.15) is 11.6 Å². The Morgan fingerprint density at radius 1 is 1.13 bits per heavy atom. The van der Waals surface area contributed by atoms with Crippen LogP contribution < -0.4 is 4.74 Å². The van der Waals surface area contributed by atoms with Gasteiger partial charge in [0.05, 0.1) is 18.6 Å². The van der Waals surface area contributed by atoms with Crippen molar-refractivity contribution in [3.05, 3.63) is 64.3 Å². The van der Waals surface area contributed by atoms with Gasteiger partial charge in [-0.3, -0.25) is 4.79 Å². The van der Waals surface area contributed by atoms with Crippen molar-refractivity contribution in [2.45, 2.75) is 25.9 Å². The molecule has 0 unspecified atom stereocenters. The van der Waals surface area contributed by atoms with E-state index >= 15 is 0 Å². The summed E-state index contributed by atoms with van der Waals surface area (Å²) in [6.45, 7) is 1.68. The molecule has 0 radical (unpaired) electrons. The number of hydrogen-bond donors (Lipinski definition) is 0. The van der Waals surface area contributed by atoms with Crippen molar-refractivity contribution >= 4 is 27.3 Å². The second kappa shape index (κ2) is 9.14.